The average molecular weight is 431 g/mol. The van der Waals surface area contributed by atoms with Crippen molar-refractivity contribution in [1.29, 1.82) is 0 Å². The number of amides is 2. The fourth-order valence-corrected chi connectivity index (χ4v) is 3.55. The van der Waals surface area contributed by atoms with E-state index >= 15 is 0 Å². The normalized spacial score (nSPS) is 11.5. The van der Waals surface area contributed by atoms with Crippen LogP contribution >= 0.6 is 0 Å². The van der Waals surface area contributed by atoms with Crippen molar-refractivity contribution in [3.05, 3.63) is 95.6 Å². The van der Waals surface area contributed by atoms with Crippen molar-refractivity contribution in [2.75, 3.05) is 19.0 Å². The molecule has 32 heavy (non-hydrogen) atoms. The van der Waals surface area contributed by atoms with E-state index in [-0.39, 0.29) is 24.3 Å². The average Bonchev–Trinajstić information content (AvgIpc) is 2.85. The number of aryl methyl sites for hydroxylation is 1. The molecule has 0 heterocycles. The minimum atomic E-state index is -0.178. The Morgan fingerprint density at radius 1 is 0.938 bits per heavy atom. The summed E-state index contributed by atoms with van der Waals surface area (Å²) in [5.74, 6) is 0.448. The highest BCUT2D eigenvalue weighted by atomic mass is 16.5. The first-order chi connectivity index (χ1) is 15.5. The quantitative estimate of drug-likeness (QED) is 0.488. The van der Waals surface area contributed by atoms with Crippen LogP contribution in [0, 0.1) is 0 Å². The second-order valence-electron chi connectivity index (χ2n) is 7.66. The van der Waals surface area contributed by atoms with Gasteiger partial charge >= 0.3 is 0 Å². The molecule has 166 valence electrons. The van der Waals surface area contributed by atoms with Crippen molar-refractivity contribution in [2.24, 2.45) is 0 Å². The van der Waals surface area contributed by atoms with Crippen molar-refractivity contribution < 1.29 is 14.3 Å². The predicted molar refractivity (Wildman–Crippen MR) is 128 cm³/mol. The molecule has 1 unspecified atom stereocenters. The Hall–Kier alpha value is -3.60. The molecule has 0 aliphatic heterocycles. The molecule has 0 aliphatic carbocycles. The van der Waals surface area contributed by atoms with Gasteiger partial charge in [-0.3, -0.25) is 9.59 Å². The minimum Gasteiger partial charge on any atom is -0.497 e. The summed E-state index contributed by atoms with van der Waals surface area (Å²) in [5.41, 5.74) is 3.56. The van der Waals surface area contributed by atoms with Gasteiger partial charge in [0, 0.05) is 24.2 Å². The van der Waals surface area contributed by atoms with Gasteiger partial charge in [0.1, 0.15) is 5.75 Å². The third-order valence-electron chi connectivity index (χ3n) is 5.57. The van der Waals surface area contributed by atoms with Gasteiger partial charge in [-0.15, -0.1) is 0 Å². The Morgan fingerprint density at radius 3 is 2.19 bits per heavy atom. The first-order valence-electron chi connectivity index (χ1n) is 10.9. The number of carbonyl (C=O) groups excluding carboxylic acids is 2. The molecular weight excluding hydrogens is 400 g/mol. The van der Waals surface area contributed by atoms with E-state index in [1.807, 2.05) is 61.5 Å². The summed E-state index contributed by atoms with van der Waals surface area (Å²) in [6, 6.07) is 24.5. The summed E-state index contributed by atoms with van der Waals surface area (Å²) >= 11 is 0. The van der Waals surface area contributed by atoms with E-state index < -0.39 is 0 Å². The van der Waals surface area contributed by atoms with Crippen LogP contribution in [0.3, 0.4) is 0 Å². The number of methoxy groups -OCH3 is 1. The number of anilines is 1. The molecule has 0 aliphatic rings. The largest absolute Gasteiger partial charge is 0.497 e. The third-order valence-corrected chi connectivity index (χ3v) is 5.57. The molecule has 0 fully saturated rings. The topological polar surface area (TPSA) is 58.6 Å². The van der Waals surface area contributed by atoms with E-state index in [9.17, 15) is 9.59 Å². The van der Waals surface area contributed by atoms with Gasteiger partial charge < -0.3 is 15.0 Å². The number of nitrogens with zero attached hydrogens (tertiary/aromatic N) is 1. The first-order valence-corrected chi connectivity index (χ1v) is 10.9. The maximum absolute atomic E-state index is 13.4. The van der Waals surface area contributed by atoms with Gasteiger partial charge in [-0.2, -0.15) is 0 Å². The summed E-state index contributed by atoms with van der Waals surface area (Å²) in [7, 11) is 1.59. The first kappa shape index (κ1) is 23.1. The van der Waals surface area contributed by atoms with Crippen molar-refractivity contribution in [2.45, 2.75) is 32.7 Å². The van der Waals surface area contributed by atoms with Crippen molar-refractivity contribution in [3.8, 4) is 5.75 Å². The Bertz CT molecular complexity index is 1020. The van der Waals surface area contributed by atoms with E-state index in [1.54, 1.807) is 36.3 Å². The zero-order valence-corrected chi connectivity index (χ0v) is 18.9. The van der Waals surface area contributed by atoms with E-state index in [0.717, 1.165) is 17.7 Å². The van der Waals surface area contributed by atoms with Crippen molar-refractivity contribution in [3.63, 3.8) is 0 Å². The zero-order valence-electron chi connectivity index (χ0n) is 18.9. The second kappa shape index (κ2) is 11.1. The molecule has 3 aromatic carbocycles. The maximum Gasteiger partial charge on any atom is 0.254 e. The second-order valence-corrected chi connectivity index (χ2v) is 7.66. The highest BCUT2D eigenvalue weighted by Gasteiger charge is 2.23. The molecule has 2 amide bonds. The zero-order chi connectivity index (χ0) is 22.9. The van der Waals surface area contributed by atoms with Gasteiger partial charge in [0.05, 0.1) is 13.2 Å². The molecule has 1 N–H and O–H groups in total. The maximum atomic E-state index is 13.4. The molecular formula is C27H30N2O3. The van der Waals surface area contributed by atoms with Crippen LogP contribution in [0.5, 0.6) is 5.75 Å². The summed E-state index contributed by atoms with van der Waals surface area (Å²) in [4.78, 5) is 27.7. The van der Waals surface area contributed by atoms with Crippen LogP contribution in [0.4, 0.5) is 5.69 Å². The Morgan fingerprint density at radius 2 is 1.59 bits per heavy atom. The lowest BCUT2D eigenvalue weighted by Crippen LogP contribution is -2.36. The fourth-order valence-electron chi connectivity index (χ4n) is 3.55. The van der Waals surface area contributed by atoms with Crippen LogP contribution < -0.4 is 10.1 Å². The molecule has 5 nitrogen and oxygen atoms in total. The Labute approximate surface area is 190 Å². The summed E-state index contributed by atoms with van der Waals surface area (Å²) in [6.45, 7) is 4.38. The standard InChI is InChI=1S/C27H30N2O3/c1-4-21-10-14-24(15-11-21)28-26(30)18-19-29(20(2)22-8-6-5-7-9-22)27(31)23-12-16-25(32-3)17-13-23/h5-17,20H,4,18-19H2,1-3H3,(H,28,30). The Kier molecular flexibility index (Phi) is 8.03. The summed E-state index contributed by atoms with van der Waals surface area (Å²) in [6.07, 6.45) is 1.16. The summed E-state index contributed by atoms with van der Waals surface area (Å²) < 4.78 is 5.20. The smallest absolute Gasteiger partial charge is 0.254 e. The number of hydrogen-bond donors (Lipinski definition) is 1. The monoisotopic (exact) mass is 430 g/mol. The number of benzene rings is 3. The number of nitrogens with one attached hydrogen (secondary N) is 1. The van der Waals surface area contributed by atoms with Gasteiger partial charge in [0.25, 0.3) is 5.91 Å². The number of carbonyl (C=O) groups is 2. The SMILES string of the molecule is CCc1ccc(NC(=O)CCN(C(=O)c2ccc(OC)cc2)C(C)c2ccccc2)cc1. The van der Waals surface area contributed by atoms with Gasteiger partial charge in [0.15, 0.2) is 0 Å². The molecule has 0 radical (unpaired) electrons. The number of ether oxygens (including phenoxy) is 1. The van der Waals surface area contributed by atoms with Crippen LogP contribution in [0.15, 0.2) is 78.9 Å². The lowest BCUT2D eigenvalue weighted by Gasteiger charge is -2.30. The molecule has 0 bridgehead atoms. The predicted octanol–water partition coefficient (Wildman–Crippen LogP) is 5.49. The third kappa shape index (κ3) is 5.97. The summed E-state index contributed by atoms with van der Waals surface area (Å²) in [5, 5.41) is 2.93. The highest BCUT2D eigenvalue weighted by Crippen LogP contribution is 2.24. The molecule has 0 aromatic heterocycles. The van der Waals surface area contributed by atoms with Crippen LogP contribution in [-0.4, -0.2) is 30.4 Å². The molecule has 5 heteroatoms. The van der Waals surface area contributed by atoms with Gasteiger partial charge in [-0.1, -0.05) is 49.4 Å². The number of rotatable bonds is 9. The van der Waals surface area contributed by atoms with Gasteiger partial charge in [-0.25, -0.2) is 0 Å². The lowest BCUT2D eigenvalue weighted by atomic mass is 10.0. The van der Waals surface area contributed by atoms with E-state index in [1.165, 1.54) is 5.56 Å². The molecule has 3 rings (SSSR count). The molecule has 0 saturated carbocycles. The van der Waals surface area contributed by atoms with Gasteiger partial charge in [-0.05, 0) is 60.9 Å². The number of hydrogen-bond acceptors (Lipinski definition) is 3. The van der Waals surface area contributed by atoms with Crippen molar-refractivity contribution in [1.82, 2.24) is 4.90 Å². The molecule has 0 saturated heterocycles. The van der Waals surface area contributed by atoms with Crippen LogP contribution in [0.2, 0.25) is 0 Å². The van der Waals surface area contributed by atoms with Crippen molar-refractivity contribution >= 4 is 17.5 Å². The van der Waals surface area contributed by atoms with Gasteiger partial charge in [0.2, 0.25) is 5.91 Å². The van der Waals surface area contributed by atoms with Crippen LogP contribution in [0.25, 0.3) is 0 Å². The highest BCUT2D eigenvalue weighted by molar-refractivity contribution is 5.95. The van der Waals surface area contributed by atoms with E-state index in [2.05, 4.69) is 12.2 Å². The molecule has 3 aromatic rings. The van der Waals surface area contributed by atoms with E-state index in [0.29, 0.717) is 17.9 Å². The fraction of sp³-hybridized carbons (Fsp3) is 0.259. The minimum absolute atomic E-state index is 0.121. The molecule has 1 atom stereocenters. The lowest BCUT2D eigenvalue weighted by molar-refractivity contribution is -0.116. The van der Waals surface area contributed by atoms with E-state index in [4.69, 9.17) is 4.74 Å². The molecule has 0 spiro atoms. The van der Waals surface area contributed by atoms with Crippen LogP contribution in [-0.2, 0) is 11.2 Å². The Balaban J connectivity index is 1.73. The van der Waals surface area contributed by atoms with Crippen LogP contribution in [0.1, 0.15) is 47.8 Å².